The van der Waals surface area contributed by atoms with Crippen LogP contribution in [-0.4, -0.2) is 15.7 Å². The zero-order chi connectivity index (χ0) is 10.3. The zero-order valence-electron chi connectivity index (χ0n) is 7.69. The molecule has 0 aliphatic heterocycles. The predicted octanol–water partition coefficient (Wildman–Crippen LogP) is 2.11. The lowest BCUT2D eigenvalue weighted by atomic mass is 10.1. The van der Waals surface area contributed by atoms with Crippen LogP contribution in [0.5, 0.6) is 5.75 Å². The topological polar surface area (TPSA) is 42.2 Å². The van der Waals surface area contributed by atoms with E-state index >= 15 is 0 Å². The highest BCUT2D eigenvalue weighted by Gasteiger charge is 2.10. The van der Waals surface area contributed by atoms with Crippen LogP contribution in [0.4, 0.5) is 0 Å². The Bertz CT molecular complexity index is 516. The molecule has 3 nitrogen and oxygen atoms in total. The van der Waals surface area contributed by atoms with Gasteiger partial charge in [-0.25, -0.2) is 0 Å². The van der Waals surface area contributed by atoms with E-state index < -0.39 is 0 Å². The summed E-state index contributed by atoms with van der Waals surface area (Å²) in [6.07, 6.45) is 2.52. The van der Waals surface area contributed by atoms with Crippen LogP contribution in [0.15, 0.2) is 18.3 Å². The Morgan fingerprint density at radius 2 is 2.29 bits per heavy atom. The van der Waals surface area contributed by atoms with Gasteiger partial charge in [0, 0.05) is 11.6 Å². The van der Waals surface area contributed by atoms with Gasteiger partial charge in [-0.3, -0.25) is 4.79 Å². The fourth-order valence-corrected chi connectivity index (χ4v) is 2.12. The number of phenols is 1. The predicted molar refractivity (Wildman–Crippen MR) is 58.8 cm³/mol. The highest BCUT2D eigenvalue weighted by Crippen LogP contribution is 2.30. The zero-order valence-corrected chi connectivity index (χ0v) is 8.84. The molecule has 1 aromatic heterocycles. The van der Waals surface area contributed by atoms with Crippen LogP contribution >= 0.6 is 9.39 Å². The lowest BCUT2D eigenvalue weighted by Crippen LogP contribution is -1.88. The molecule has 1 atom stereocenters. The van der Waals surface area contributed by atoms with E-state index in [4.69, 9.17) is 0 Å². The van der Waals surface area contributed by atoms with Crippen LogP contribution in [0.1, 0.15) is 15.9 Å². The van der Waals surface area contributed by atoms with Gasteiger partial charge in [-0.1, -0.05) is 0 Å². The van der Waals surface area contributed by atoms with Gasteiger partial charge >= 0.3 is 0 Å². The molecule has 4 heteroatoms. The first-order valence-electron chi connectivity index (χ1n) is 4.19. The molecule has 72 valence electrons. The Hall–Kier alpha value is -1.34. The number of carbonyl (C=O) groups is 1. The number of benzene rings is 1. The summed E-state index contributed by atoms with van der Waals surface area (Å²) in [7, 11) is 2.54. The second kappa shape index (κ2) is 3.10. The third-order valence-electron chi connectivity index (χ3n) is 2.33. The van der Waals surface area contributed by atoms with E-state index in [2.05, 4.69) is 9.39 Å². The molecular formula is C10H10NO2P. The average molecular weight is 207 g/mol. The van der Waals surface area contributed by atoms with Crippen molar-refractivity contribution in [2.45, 2.75) is 6.92 Å². The minimum Gasteiger partial charge on any atom is -0.507 e. The summed E-state index contributed by atoms with van der Waals surface area (Å²) in [6.45, 7) is 1.90. The minimum absolute atomic E-state index is 0.0428. The van der Waals surface area contributed by atoms with E-state index in [0.717, 1.165) is 16.5 Å². The Labute approximate surface area is 83.6 Å². The van der Waals surface area contributed by atoms with E-state index in [-0.39, 0.29) is 5.75 Å². The average Bonchev–Trinajstić information content (AvgIpc) is 2.49. The summed E-state index contributed by atoms with van der Waals surface area (Å²) in [4.78, 5) is 10.8. The first-order valence-corrected chi connectivity index (χ1v) is 4.70. The van der Waals surface area contributed by atoms with Crippen molar-refractivity contribution in [1.82, 2.24) is 4.34 Å². The molecule has 14 heavy (non-hydrogen) atoms. The standard InChI is InChI=1S/C10H10NO2P/c1-6-4-9(13)8(5-12)7-2-3-11(14)10(6)7/h2-5,13H,14H2,1H3. The number of rotatable bonds is 1. The van der Waals surface area contributed by atoms with Crippen molar-refractivity contribution in [2.75, 3.05) is 0 Å². The quantitative estimate of drug-likeness (QED) is 0.574. The second-order valence-corrected chi connectivity index (χ2v) is 3.79. The summed E-state index contributed by atoms with van der Waals surface area (Å²) in [5, 5.41) is 10.3. The summed E-state index contributed by atoms with van der Waals surface area (Å²) in [6, 6.07) is 3.42. The monoisotopic (exact) mass is 207 g/mol. The van der Waals surface area contributed by atoms with Crippen LogP contribution in [-0.2, 0) is 0 Å². The number of carbonyl (C=O) groups excluding carboxylic acids is 1. The SMILES string of the molecule is Cc1cc(O)c(C=O)c2ccn(P)c12. The highest BCUT2D eigenvalue weighted by molar-refractivity contribution is 7.14. The van der Waals surface area contributed by atoms with Crippen LogP contribution in [0.25, 0.3) is 10.9 Å². The fraction of sp³-hybridized carbons (Fsp3) is 0.100. The third kappa shape index (κ3) is 1.13. The molecule has 1 aromatic carbocycles. The maximum atomic E-state index is 10.8. The van der Waals surface area contributed by atoms with Gasteiger partial charge in [-0.05, 0) is 34.0 Å². The Balaban J connectivity index is 2.99. The van der Waals surface area contributed by atoms with Gasteiger partial charge in [0.25, 0.3) is 0 Å². The number of aryl methyl sites for hydroxylation is 1. The van der Waals surface area contributed by atoms with Crippen LogP contribution in [0.2, 0.25) is 0 Å². The van der Waals surface area contributed by atoms with Crippen molar-refractivity contribution >= 4 is 26.6 Å². The fourth-order valence-electron chi connectivity index (χ4n) is 1.69. The second-order valence-electron chi connectivity index (χ2n) is 3.23. The van der Waals surface area contributed by atoms with E-state index in [1.165, 1.54) is 0 Å². The number of phenolic OH excluding ortho intramolecular Hbond substituents is 1. The Morgan fingerprint density at radius 1 is 1.57 bits per heavy atom. The molecular weight excluding hydrogens is 197 g/mol. The molecule has 0 fully saturated rings. The highest BCUT2D eigenvalue weighted by atomic mass is 31.0. The molecule has 0 aliphatic carbocycles. The molecule has 0 saturated carbocycles. The van der Waals surface area contributed by atoms with Crippen LogP contribution in [0, 0.1) is 6.92 Å². The first kappa shape index (κ1) is 9.22. The molecule has 2 rings (SSSR count). The van der Waals surface area contributed by atoms with E-state index in [9.17, 15) is 9.90 Å². The minimum atomic E-state index is 0.0428. The molecule has 0 aliphatic rings. The van der Waals surface area contributed by atoms with Crippen molar-refractivity contribution in [3.05, 3.63) is 29.5 Å². The van der Waals surface area contributed by atoms with Crippen LogP contribution < -0.4 is 0 Å². The van der Waals surface area contributed by atoms with Gasteiger partial charge in [-0.15, -0.1) is 0 Å². The Kier molecular flexibility index (Phi) is 2.05. The number of hydrogen-bond donors (Lipinski definition) is 1. The molecule has 2 aromatic rings. The molecule has 0 spiro atoms. The lowest BCUT2D eigenvalue weighted by molar-refractivity contribution is 0.112. The van der Waals surface area contributed by atoms with Gasteiger partial charge in [0.05, 0.1) is 11.1 Å². The lowest BCUT2D eigenvalue weighted by Gasteiger charge is -2.04. The molecule has 1 unspecified atom stereocenters. The maximum absolute atomic E-state index is 10.8. The molecule has 1 N–H and O–H groups in total. The maximum Gasteiger partial charge on any atom is 0.154 e. The van der Waals surface area contributed by atoms with Gasteiger partial charge in [-0.2, -0.15) is 0 Å². The molecule has 0 saturated heterocycles. The molecule has 0 bridgehead atoms. The number of aldehydes is 1. The Morgan fingerprint density at radius 3 is 2.93 bits per heavy atom. The largest absolute Gasteiger partial charge is 0.507 e. The normalized spacial score (nSPS) is 10.7. The number of hydrogen-bond acceptors (Lipinski definition) is 2. The number of nitrogens with zero attached hydrogens (tertiary/aromatic N) is 1. The molecule has 0 amide bonds. The summed E-state index contributed by atoms with van der Waals surface area (Å²) in [5.41, 5.74) is 2.25. The van der Waals surface area contributed by atoms with Gasteiger partial charge in [0.1, 0.15) is 5.75 Å². The van der Waals surface area contributed by atoms with Crippen molar-refractivity contribution in [2.24, 2.45) is 0 Å². The van der Waals surface area contributed by atoms with Crippen molar-refractivity contribution in [3.63, 3.8) is 0 Å². The molecule has 1 heterocycles. The smallest absolute Gasteiger partial charge is 0.154 e. The van der Waals surface area contributed by atoms with Crippen LogP contribution in [0.3, 0.4) is 0 Å². The van der Waals surface area contributed by atoms with Gasteiger partial charge in [0.2, 0.25) is 0 Å². The van der Waals surface area contributed by atoms with Crippen molar-refractivity contribution < 1.29 is 9.90 Å². The van der Waals surface area contributed by atoms with E-state index in [0.29, 0.717) is 11.8 Å². The van der Waals surface area contributed by atoms with Crippen molar-refractivity contribution in [3.8, 4) is 5.75 Å². The van der Waals surface area contributed by atoms with E-state index in [1.807, 2.05) is 23.5 Å². The third-order valence-corrected chi connectivity index (χ3v) is 2.76. The number of fused-ring (bicyclic) bond motifs is 1. The summed E-state index contributed by atoms with van der Waals surface area (Å²) >= 11 is 0. The summed E-state index contributed by atoms with van der Waals surface area (Å²) in [5.74, 6) is 0.0428. The van der Waals surface area contributed by atoms with E-state index in [1.54, 1.807) is 6.07 Å². The van der Waals surface area contributed by atoms with Crippen molar-refractivity contribution in [1.29, 1.82) is 0 Å². The first-order chi connectivity index (χ1) is 6.65. The van der Waals surface area contributed by atoms with Gasteiger partial charge < -0.3 is 9.44 Å². The number of aromatic nitrogens is 1. The molecule has 0 radical (unpaired) electrons. The number of aromatic hydroxyl groups is 1. The van der Waals surface area contributed by atoms with Gasteiger partial charge in [0.15, 0.2) is 6.29 Å². The summed E-state index contributed by atoms with van der Waals surface area (Å²) < 4.78 is 1.86.